The molecule has 0 spiro atoms. The van der Waals surface area contributed by atoms with Crippen LogP contribution in [0.15, 0.2) is 18.2 Å². The van der Waals surface area contributed by atoms with Crippen LogP contribution in [-0.2, 0) is 11.2 Å². The predicted molar refractivity (Wildman–Crippen MR) is 88.0 cm³/mol. The third kappa shape index (κ3) is 5.25. The van der Waals surface area contributed by atoms with Gasteiger partial charge in [0.05, 0.1) is 6.10 Å². The molecule has 0 bridgehead atoms. The van der Waals surface area contributed by atoms with Crippen LogP contribution in [0.25, 0.3) is 0 Å². The number of nitrogens with one attached hydrogen (secondary N) is 1. The number of halogens is 2. The molecule has 0 aliphatic carbocycles. The van der Waals surface area contributed by atoms with Gasteiger partial charge in [0, 0.05) is 22.7 Å². The maximum Gasteiger partial charge on any atom is 0.0731 e. The van der Waals surface area contributed by atoms with Crippen LogP contribution in [0.5, 0.6) is 0 Å². The van der Waals surface area contributed by atoms with E-state index < -0.39 is 0 Å². The lowest BCUT2D eigenvalue weighted by Gasteiger charge is -2.28. The Balaban J connectivity index is 2.89. The first kappa shape index (κ1) is 17.8. The fourth-order valence-electron chi connectivity index (χ4n) is 2.44. The molecule has 1 N–H and O–H groups in total. The first-order valence-corrected chi connectivity index (χ1v) is 8.17. The number of ether oxygens (including phenoxy) is 1. The number of likely N-dealkylation sites (N-methyl/N-ethyl adjacent to an activating group) is 1. The van der Waals surface area contributed by atoms with Crippen molar-refractivity contribution in [2.45, 2.75) is 52.2 Å². The summed E-state index contributed by atoms with van der Waals surface area (Å²) < 4.78 is 5.90. The van der Waals surface area contributed by atoms with Crippen LogP contribution >= 0.6 is 23.2 Å². The second-order valence-corrected chi connectivity index (χ2v) is 5.67. The maximum absolute atomic E-state index is 6.28. The Morgan fingerprint density at radius 1 is 1.15 bits per heavy atom. The van der Waals surface area contributed by atoms with Gasteiger partial charge in [-0.3, -0.25) is 0 Å². The SMILES string of the molecule is CCCC(OCC)C(Cc1c(Cl)cccc1Cl)NCC. The van der Waals surface area contributed by atoms with Gasteiger partial charge >= 0.3 is 0 Å². The van der Waals surface area contributed by atoms with Crippen molar-refractivity contribution in [2.75, 3.05) is 13.2 Å². The van der Waals surface area contributed by atoms with Crippen LogP contribution in [0.4, 0.5) is 0 Å². The van der Waals surface area contributed by atoms with Crippen molar-refractivity contribution in [2.24, 2.45) is 0 Å². The van der Waals surface area contributed by atoms with E-state index in [1.807, 2.05) is 25.1 Å². The van der Waals surface area contributed by atoms with Gasteiger partial charge in [0.2, 0.25) is 0 Å². The summed E-state index contributed by atoms with van der Waals surface area (Å²) in [4.78, 5) is 0. The minimum absolute atomic E-state index is 0.192. The summed E-state index contributed by atoms with van der Waals surface area (Å²) in [5.74, 6) is 0. The first-order chi connectivity index (χ1) is 9.63. The molecule has 4 heteroatoms. The normalized spacial score (nSPS) is 14.2. The average Bonchev–Trinajstić information content (AvgIpc) is 2.42. The van der Waals surface area contributed by atoms with Crippen LogP contribution < -0.4 is 5.32 Å². The second kappa shape index (κ2) is 9.62. The molecule has 0 fully saturated rings. The largest absolute Gasteiger partial charge is 0.377 e. The number of rotatable bonds is 9. The smallest absolute Gasteiger partial charge is 0.0731 e. The second-order valence-electron chi connectivity index (χ2n) is 4.85. The van der Waals surface area contributed by atoms with Crippen LogP contribution in [0.2, 0.25) is 10.0 Å². The number of benzene rings is 1. The lowest BCUT2D eigenvalue weighted by atomic mass is 9.98. The lowest BCUT2D eigenvalue weighted by molar-refractivity contribution is 0.0286. The van der Waals surface area contributed by atoms with Gasteiger partial charge in [-0.15, -0.1) is 0 Å². The Morgan fingerprint density at radius 3 is 2.30 bits per heavy atom. The van der Waals surface area contributed by atoms with E-state index in [9.17, 15) is 0 Å². The van der Waals surface area contributed by atoms with E-state index in [1.54, 1.807) is 0 Å². The Bertz CT molecular complexity index is 372. The molecule has 1 rings (SSSR count). The summed E-state index contributed by atoms with van der Waals surface area (Å²) in [6.07, 6.45) is 3.12. The van der Waals surface area contributed by atoms with Crippen molar-refractivity contribution < 1.29 is 4.74 Å². The molecule has 0 aliphatic rings. The van der Waals surface area contributed by atoms with Crippen molar-refractivity contribution in [3.8, 4) is 0 Å². The molecule has 0 aliphatic heterocycles. The molecule has 2 unspecified atom stereocenters. The maximum atomic E-state index is 6.28. The summed E-state index contributed by atoms with van der Waals surface area (Å²) in [7, 11) is 0. The van der Waals surface area contributed by atoms with E-state index in [0.717, 1.165) is 48.0 Å². The fourth-order valence-corrected chi connectivity index (χ4v) is 3.00. The summed E-state index contributed by atoms with van der Waals surface area (Å²) in [6, 6.07) is 5.89. The van der Waals surface area contributed by atoms with Crippen LogP contribution in [-0.4, -0.2) is 25.3 Å². The summed E-state index contributed by atoms with van der Waals surface area (Å²) in [5.41, 5.74) is 1.00. The molecule has 2 nitrogen and oxygen atoms in total. The highest BCUT2D eigenvalue weighted by Gasteiger charge is 2.22. The Morgan fingerprint density at radius 2 is 1.80 bits per heavy atom. The minimum Gasteiger partial charge on any atom is -0.377 e. The van der Waals surface area contributed by atoms with E-state index in [1.165, 1.54) is 0 Å². The monoisotopic (exact) mass is 317 g/mol. The average molecular weight is 318 g/mol. The highest BCUT2D eigenvalue weighted by Crippen LogP contribution is 2.27. The Hall–Kier alpha value is -0.280. The summed E-state index contributed by atoms with van der Waals surface area (Å²) in [6.45, 7) is 7.95. The van der Waals surface area contributed by atoms with E-state index in [-0.39, 0.29) is 12.1 Å². The van der Waals surface area contributed by atoms with E-state index in [4.69, 9.17) is 27.9 Å². The Kier molecular flexibility index (Phi) is 8.55. The highest BCUT2D eigenvalue weighted by molar-refractivity contribution is 6.36. The molecule has 0 radical (unpaired) electrons. The van der Waals surface area contributed by atoms with Crippen LogP contribution in [0, 0.1) is 0 Å². The van der Waals surface area contributed by atoms with Crippen LogP contribution in [0.3, 0.4) is 0 Å². The fraction of sp³-hybridized carbons (Fsp3) is 0.625. The van der Waals surface area contributed by atoms with Gasteiger partial charge in [0.15, 0.2) is 0 Å². The molecule has 20 heavy (non-hydrogen) atoms. The molecule has 114 valence electrons. The highest BCUT2D eigenvalue weighted by atomic mass is 35.5. The van der Waals surface area contributed by atoms with E-state index in [2.05, 4.69) is 19.2 Å². The lowest BCUT2D eigenvalue weighted by Crippen LogP contribution is -2.43. The molecule has 0 aromatic heterocycles. The van der Waals surface area contributed by atoms with Crippen molar-refractivity contribution in [3.05, 3.63) is 33.8 Å². The van der Waals surface area contributed by atoms with E-state index >= 15 is 0 Å². The quantitative estimate of drug-likeness (QED) is 0.711. The number of hydrogen-bond donors (Lipinski definition) is 1. The molecule has 1 aromatic carbocycles. The minimum atomic E-state index is 0.192. The Labute approximate surface area is 132 Å². The molecule has 0 amide bonds. The predicted octanol–water partition coefficient (Wildman–Crippen LogP) is 4.72. The topological polar surface area (TPSA) is 21.3 Å². The van der Waals surface area contributed by atoms with Gasteiger partial charge in [-0.25, -0.2) is 0 Å². The van der Waals surface area contributed by atoms with Gasteiger partial charge in [0.25, 0.3) is 0 Å². The van der Waals surface area contributed by atoms with Gasteiger partial charge in [-0.05, 0) is 44.0 Å². The molecule has 1 aromatic rings. The molecule has 0 saturated heterocycles. The van der Waals surface area contributed by atoms with Crippen molar-refractivity contribution in [1.82, 2.24) is 5.32 Å². The third-order valence-corrected chi connectivity index (χ3v) is 4.06. The van der Waals surface area contributed by atoms with E-state index in [0.29, 0.717) is 0 Å². The first-order valence-electron chi connectivity index (χ1n) is 7.41. The number of hydrogen-bond acceptors (Lipinski definition) is 2. The zero-order chi connectivity index (χ0) is 15.0. The molecular weight excluding hydrogens is 293 g/mol. The van der Waals surface area contributed by atoms with Gasteiger partial charge in [0.1, 0.15) is 0 Å². The van der Waals surface area contributed by atoms with Crippen molar-refractivity contribution >= 4 is 23.2 Å². The molecule has 0 saturated carbocycles. The van der Waals surface area contributed by atoms with Gasteiger partial charge in [-0.2, -0.15) is 0 Å². The van der Waals surface area contributed by atoms with Gasteiger partial charge in [-0.1, -0.05) is 49.5 Å². The summed E-state index contributed by atoms with van der Waals surface area (Å²) >= 11 is 12.6. The van der Waals surface area contributed by atoms with Crippen molar-refractivity contribution in [1.29, 1.82) is 0 Å². The van der Waals surface area contributed by atoms with Crippen LogP contribution in [0.1, 0.15) is 39.2 Å². The standard InChI is InChI=1S/C16H25Cl2NO/c1-4-8-16(20-6-3)15(19-5-2)11-12-13(17)9-7-10-14(12)18/h7,9-10,15-16,19H,4-6,8,11H2,1-3H3. The third-order valence-electron chi connectivity index (χ3n) is 3.35. The summed E-state index contributed by atoms with van der Waals surface area (Å²) in [5, 5.41) is 4.97. The molecule has 0 heterocycles. The zero-order valence-electron chi connectivity index (χ0n) is 12.6. The van der Waals surface area contributed by atoms with Crippen molar-refractivity contribution in [3.63, 3.8) is 0 Å². The van der Waals surface area contributed by atoms with Gasteiger partial charge < -0.3 is 10.1 Å². The molecule has 2 atom stereocenters. The zero-order valence-corrected chi connectivity index (χ0v) is 14.1. The molecular formula is C16H25Cl2NO.